The van der Waals surface area contributed by atoms with Gasteiger partial charge in [-0.05, 0) is 23.8 Å². The normalized spacial score (nSPS) is 11.3. The summed E-state index contributed by atoms with van der Waals surface area (Å²) in [5.41, 5.74) is 1.16. The van der Waals surface area contributed by atoms with Crippen LogP contribution < -0.4 is 4.74 Å². The summed E-state index contributed by atoms with van der Waals surface area (Å²) < 4.78 is 40.5. The molecule has 0 fully saturated rings. The van der Waals surface area contributed by atoms with Crippen molar-refractivity contribution in [3.05, 3.63) is 41.2 Å². The summed E-state index contributed by atoms with van der Waals surface area (Å²) in [5, 5.41) is 6.32. The van der Waals surface area contributed by atoms with E-state index in [4.69, 9.17) is 12.2 Å². The molecule has 0 aliphatic carbocycles. The number of alkyl halides is 3. The van der Waals surface area contributed by atoms with E-state index in [0.29, 0.717) is 15.8 Å². The van der Waals surface area contributed by atoms with E-state index >= 15 is 0 Å². The summed E-state index contributed by atoms with van der Waals surface area (Å²) in [7, 11) is 0. The Hall–Kier alpha value is -1.89. The number of benzene rings is 1. The van der Waals surface area contributed by atoms with Gasteiger partial charge in [0, 0.05) is 5.56 Å². The second-order valence-electron chi connectivity index (χ2n) is 3.41. The summed E-state index contributed by atoms with van der Waals surface area (Å²) in [6.45, 7) is 0. The van der Waals surface area contributed by atoms with Gasteiger partial charge in [-0.1, -0.05) is 24.4 Å². The van der Waals surface area contributed by atoms with Crippen molar-refractivity contribution in [3.8, 4) is 16.9 Å². The van der Waals surface area contributed by atoms with Crippen LogP contribution in [0.4, 0.5) is 13.2 Å². The molecule has 7 heteroatoms. The van der Waals surface area contributed by atoms with E-state index < -0.39 is 6.36 Å². The molecule has 0 amide bonds. The van der Waals surface area contributed by atoms with Crippen LogP contribution in [0.15, 0.2) is 36.5 Å². The minimum Gasteiger partial charge on any atom is -0.406 e. The zero-order valence-electron chi connectivity index (χ0n) is 8.86. The Morgan fingerprint density at radius 1 is 1.17 bits per heavy atom. The molecular formula is C11H7F3N2OS. The molecule has 0 saturated heterocycles. The maximum atomic E-state index is 12.1. The molecule has 0 spiro atoms. The molecule has 0 bridgehead atoms. The summed E-state index contributed by atoms with van der Waals surface area (Å²) in [5.74, 6) is -0.279. The number of rotatable bonds is 2. The highest BCUT2D eigenvalue weighted by Crippen LogP contribution is 2.27. The average molecular weight is 272 g/mol. The molecule has 0 aliphatic rings. The van der Waals surface area contributed by atoms with Crippen LogP contribution in [0.2, 0.25) is 0 Å². The Morgan fingerprint density at radius 2 is 1.94 bits per heavy atom. The maximum Gasteiger partial charge on any atom is 0.573 e. The molecule has 0 unspecified atom stereocenters. The van der Waals surface area contributed by atoms with E-state index in [1.807, 2.05) is 0 Å². The van der Waals surface area contributed by atoms with Gasteiger partial charge in [-0.2, -0.15) is 5.10 Å². The van der Waals surface area contributed by atoms with Crippen molar-refractivity contribution in [2.24, 2.45) is 0 Å². The highest BCUT2D eigenvalue weighted by atomic mass is 32.1. The first kappa shape index (κ1) is 12.6. The van der Waals surface area contributed by atoms with E-state index in [0.717, 1.165) is 0 Å². The van der Waals surface area contributed by atoms with Crippen LogP contribution in [0.5, 0.6) is 5.75 Å². The summed E-state index contributed by atoms with van der Waals surface area (Å²) in [6, 6.07) is 7.23. The summed E-state index contributed by atoms with van der Waals surface area (Å²) in [6.07, 6.45) is -3.23. The first-order valence-corrected chi connectivity index (χ1v) is 5.26. The molecule has 18 heavy (non-hydrogen) atoms. The van der Waals surface area contributed by atoms with Crippen LogP contribution in [0.25, 0.3) is 11.1 Å². The monoisotopic (exact) mass is 272 g/mol. The number of hydrogen-bond donors (Lipinski definition) is 1. The zero-order valence-corrected chi connectivity index (χ0v) is 9.68. The van der Waals surface area contributed by atoms with E-state index in [1.165, 1.54) is 24.4 Å². The Bertz CT molecular complexity index is 609. The molecule has 1 N–H and O–H groups in total. The maximum absolute atomic E-state index is 12.1. The molecule has 2 rings (SSSR count). The third-order valence-corrected chi connectivity index (χ3v) is 2.28. The fourth-order valence-corrected chi connectivity index (χ4v) is 1.59. The first-order chi connectivity index (χ1) is 8.44. The van der Waals surface area contributed by atoms with Crippen molar-refractivity contribution in [3.63, 3.8) is 0 Å². The lowest BCUT2D eigenvalue weighted by Crippen LogP contribution is -2.17. The molecule has 0 radical (unpaired) electrons. The largest absolute Gasteiger partial charge is 0.573 e. The second-order valence-corrected chi connectivity index (χ2v) is 3.85. The minimum absolute atomic E-state index is 0.279. The van der Waals surface area contributed by atoms with Crippen molar-refractivity contribution in [2.75, 3.05) is 0 Å². The number of aromatic amines is 1. The van der Waals surface area contributed by atoms with E-state index in [-0.39, 0.29) is 5.75 Å². The smallest absolute Gasteiger partial charge is 0.406 e. The van der Waals surface area contributed by atoms with Crippen LogP contribution in [-0.2, 0) is 0 Å². The Balaban J connectivity index is 2.36. The third kappa shape index (κ3) is 3.30. The van der Waals surface area contributed by atoms with Gasteiger partial charge in [0.1, 0.15) is 10.4 Å². The fraction of sp³-hybridized carbons (Fsp3) is 0.0909. The van der Waals surface area contributed by atoms with Crippen LogP contribution in [0, 0.1) is 4.64 Å². The lowest BCUT2D eigenvalue weighted by atomic mass is 10.1. The van der Waals surface area contributed by atoms with Crippen molar-refractivity contribution in [1.29, 1.82) is 0 Å². The van der Waals surface area contributed by atoms with E-state index in [2.05, 4.69) is 14.9 Å². The van der Waals surface area contributed by atoms with Crippen LogP contribution in [0.3, 0.4) is 0 Å². The van der Waals surface area contributed by atoms with E-state index in [9.17, 15) is 13.2 Å². The van der Waals surface area contributed by atoms with Gasteiger partial charge < -0.3 is 4.74 Å². The Labute approximate surface area is 105 Å². The van der Waals surface area contributed by atoms with Crippen LogP contribution in [-0.4, -0.2) is 16.6 Å². The second kappa shape index (κ2) is 4.77. The van der Waals surface area contributed by atoms with Gasteiger partial charge in [-0.25, -0.2) is 0 Å². The molecule has 2 aromatic rings. The molecule has 1 aromatic carbocycles. The molecule has 3 nitrogen and oxygen atoms in total. The summed E-state index contributed by atoms with van der Waals surface area (Å²) >= 11 is 4.89. The molecule has 1 aromatic heterocycles. The SMILES string of the molecule is FC(F)(F)Oc1cccc(-c2cn[nH]c(=S)c2)c1. The van der Waals surface area contributed by atoms with Gasteiger partial charge in [0.25, 0.3) is 0 Å². The summed E-state index contributed by atoms with van der Waals surface area (Å²) in [4.78, 5) is 0. The average Bonchev–Trinajstić information content (AvgIpc) is 2.27. The highest BCUT2D eigenvalue weighted by Gasteiger charge is 2.31. The lowest BCUT2D eigenvalue weighted by Gasteiger charge is -2.09. The standard InChI is InChI=1S/C11H7F3N2OS/c12-11(13,14)17-9-3-1-2-7(4-9)8-5-10(18)16-15-6-8/h1-6H,(H,16,18). The predicted molar refractivity (Wildman–Crippen MR) is 61.5 cm³/mol. The van der Waals surface area contributed by atoms with Crippen molar-refractivity contribution >= 4 is 12.2 Å². The van der Waals surface area contributed by atoms with Crippen molar-refractivity contribution < 1.29 is 17.9 Å². The van der Waals surface area contributed by atoms with Gasteiger partial charge in [-0.3, -0.25) is 5.10 Å². The quantitative estimate of drug-likeness (QED) is 0.847. The molecule has 0 atom stereocenters. The number of ether oxygens (including phenoxy) is 1. The predicted octanol–water partition coefficient (Wildman–Crippen LogP) is 3.70. The zero-order chi connectivity index (χ0) is 13.2. The first-order valence-electron chi connectivity index (χ1n) is 4.85. The van der Waals surface area contributed by atoms with Crippen LogP contribution >= 0.6 is 12.2 Å². The number of nitrogens with one attached hydrogen (secondary N) is 1. The Kier molecular flexibility index (Phi) is 3.33. The minimum atomic E-state index is -4.70. The molecule has 0 aliphatic heterocycles. The molecular weight excluding hydrogens is 265 g/mol. The van der Waals surface area contributed by atoms with Gasteiger partial charge >= 0.3 is 6.36 Å². The van der Waals surface area contributed by atoms with Crippen molar-refractivity contribution in [2.45, 2.75) is 6.36 Å². The number of hydrogen-bond acceptors (Lipinski definition) is 3. The number of aromatic nitrogens is 2. The van der Waals surface area contributed by atoms with Gasteiger partial charge in [-0.15, -0.1) is 13.2 Å². The highest BCUT2D eigenvalue weighted by molar-refractivity contribution is 7.71. The molecule has 94 valence electrons. The number of nitrogens with zero attached hydrogens (tertiary/aromatic N) is 1. The Morgan fingerprint density at radius 3 is 2.61 bits per heavy atom. The third-order valence-electron chi connectivity index (χ3n) is 2.07. The van der Waals surface area contributed by atoms with Crippen molar-refractivity contribution in [1.82, 2.24) is 10.2 Å². The van der Waals surface area contributed by atoms with Gasteiger partial charge in [0.15, 0.2) is 0 Å². The van der Waals surface area contributed by atoms with Gasteiger partial charge in [0.05, 0.1) is 6.20 Å². The number of halogens is 3. The molecule has 0 saturated carbocycles. The van der Waals surface area contributed by atoms with Crippen LogP contribution in [0.1, 0.15) is 0 Å². The number of H-pyrrole nitrogens is 1. The topological polar surface area (TPSA) is 37.9 Å². The fourth-order valence-electron chi connectivity index (χ4n) is 1.41. The van der Waals surface area contributed by atoms with E-state index in [1.54, 1.807) is 12.1 Å². The molecule has 1 heterocycles. The van der Waals surface area contributed by atoms with Gasteiger partial charge in [0.2, 0.25) is 0 Å². The lowest BCUT2D eigenvalue weighted by molar-refractivity contribution is -0.274.